The second kappa shape index (κ2) is 10.8. The molecule has 200 valence electrons. The van der Waals surface area contributed by atoms with E-state index in [0.717, 1.165) is 55.7 Å². The van der Waals surface area contributed by atoms with Crippen LogP contribution in [0.2, 0.25) is 0 Å². The van der Waals surface area contributed by atoms with Crippen molar-refractivity contribution in [1.29, 1.82) is 0 Å². The van der Waals surface area contributed by atoms with Crippen molar-refractivity contribution in [3.63, 3.8) is 0 Å². The monoisotopic (exact) mass is 614 g/mol. The molecule has 11 heteroatoms. The number of nitrogens with zero attached hydrogens (tertiary/aromatic N) is 2. The van der Waals surface area contributed by atoms with Gasteiger partial charge in [-0.2, -0.15) is 5.10 Å². The van der Waals surface area contributed by atoms with Crippen LogP contribution in [0.4, 0.5) is 18.9 Å². The number of aryl methyl sites for hydroxylation is 3. The summed E-state index contributed by atoms with van der Waals surface area (Å²) in [5.74, 6) is 0.255. The fourth-order valence-corrected chi connectivity index (χ4v) is 5.44. The molecule has 1 aromatic heterocycles. The number of alkyl halides is 3. The maximum absolute atomic E-state index is 12.5. The highest BCUT2D eigenvalue weighted by molar-refractivity contribution is 9.10. The fourth-order valence-electron chi connectivity index (χ4n) is 4.59. The summed E-state index contributed by atoms with van der Waals surface area (Å²) in [5, 5.41) is 12.1. The molecule has 1 aliphatic rings. The second-order valence-electron chi connectivity index (χ2n) is 9.07. The fraction of sp³-hybridized carbons (Fsp3) is 0.179. The van der Waals surface area contributed by atoms with E-state index in [4.69, 9.17) is 16.7 Å². The largest absolute Gasteiger partial charge is 0.573 e. The van der Waals surface area contributed by atoms with Crippen LogP contribution in [-0.4, -0.2) is 22.8 Å². The summed E-state index contributed by atoms with van der Waals surface area (Å²) in [6.07, 6.45) is -1.61. The molecule has 39 heavy (non-hydrogen) atoms. The van der Waals surface area contributed by atoms with Gasteiger partial charge in [0, 0.05) is 26.9 Å². The molecule has 0 bridgehead atoms. The molecule has 3 aromatic carbocycles. The Morgan fingerprint density at radius 3 is 2.49 bits per heavy atom. The number of fused-ring (bicyclic) bond motifs is 3. The van der Waals surface area contributed by atoms with Gasteiger partial charge < -0.3 is 14.6 Å². The molecule has 4 aromatic rings. The number of hydrazone groups is 1. The van der Waals surface area contributed by atoms with Gasteiger partial charge in [0.15, 0.2) is 10.9 Å². The summed E-state index contributed by atoms with van der Waals surface area (Å²) < 4.78 is 48.0. The van der Waals surface area contributed by atoms with Crippen molar-refractivity contribution < 1.29 is 22.4 Å². The number of hydrogen-bond acceptors (Lipinski definition) is 5. The first-order chi connectivity index (χ1) is 18.6. The Morgan fingerprint density at radius 2 is 1.79 bits per heavy atom. The Hall–Kier alpha value is -3.70. The van der Waals surface area contributed by atoms with Crippen LogP contribution >= 0.6 is 28.1 Å². The lowest BCUT2D eigenvalue weighted by molar-refractivity contribution is -0.274. The zero-order valence-corrected chi connectivity index (χ0v) is 23.2. The van der Waals surface area contributed by atoms with Gasteiger partial charge in [-0.1, -0.05) is 33.2 Å². The third-order valence-corrected chi connectivity index (χ3v) is 6.93. The molecule has 0 fully saturated rings. The van der Waals surface area contributed by atoms with Crippen LogP contribution in [0.3, 0.4) is 0 Å². The van der Waals surface area contributed by atoms with Crippen molar-refractivity contribution in [3.8, 4) is 28.3 Å². The Balaban J connectivity index is 1.27. The lowest BCUT2D eigenvalue weighted by Gasteiger charge is -2.16. The van der Waals surface area contributed by atoms with Crippen molar-refractivity contribution in [1.82, 2.24) is 10.6 Å². The Morgan fingerprint density at radius 1 is 1.08 bits per heavy atom. The Labute approximate surface area is 236 Å². The van der Waals surface area contributed by atoms with Gasteiger partial charge >= 0.3 is 6.36 Å². The first-order valence-corrected chi connectivity index (χ1v) is 13.1. The molecule has 5 rings (SSSR count). The number of anilines is 1. The molecule has 1 heterocycles. The SMILES string of the molecule is Cc1cc(Br)cc(C)c1NC(=S)N/N=C/c1ccc2c(c1)CCc1c-2noc1-c1ccc(OC(F)(F)F)cc1. The van der Waals surface area contributed by atoms with Gasteiger partial charge in [-0.25, -0.2) is 0 Å². The third kappa shape index (κ3) is 6.15. The molecule has 0 amide bonds. The quantitative estimate of drug-likeness (QED) is 0.136. The van der Waals surface area contributed by atoms with Gasteiger partial charge in [-0.05, 0) is 104 Å². The van der Waals surface area contributed by atoms with Gasteiger partial charge in [-0.15, -0.1) is 13.2 Å². The average molecular weight is 615 g/mol. The molecule has 0 spiro atoms. The minimum atomic E-state index is -4.74. The number of thiocarbonyl (C=S) groups is 1. The highest BCUT2D eigenvalue weighted by Gasteiger charge is 2.31. The van der Waals surface area contributed by atoms with E-state index in [0.29, 0.717) is 22.9 Å². The van der Waals surface area contributed by atoms with Crippen LogP contribution in [0.25, 0.3) is 22.6 Å². The van der Waals surface area contributed by atoms with E-state index in [-0.39, 0.29) is 5.75 Å². The van der Waals surface area contributed by atoms with Crippen LogP contribution in [-0.2, 0) is 12.8 Å². The number of halogens is 4. The number of nitrogens with one attached hydrogen (secondary N) is 2. The van der Waals surface area contributed by atoms with Gasteiger partial charge in [-0.3, -0.25) is 5.43 Å². The minimum Gasteiger partial charge on any atom is -0.406 e. The van der Waals surface area contributed by atoms with E-state index in [1.165, 1.54) is 24.3 Å². The van der Waals surface area contributed by atoms with Gasteiger partial charge in [0.05, 0.1) is 6.21 Å². The van der Waals surface area contributed by atoms with Crippen molar-refractivity contribution in [3.05, 3.63) is 86.9 Å². The van der Waals surface area contributed by atoms with E-state index >= 15 is 0 Å². The maximum atomic E-state index is 12.5. The Bertz CT molecular complexity index is 1560. The predicted molar refractivity (Wildman–Crippen MR) is 152 cm³/mol. The van der Waals surface area contributed by atoms with Gasteiger partial charge in [0.2, 0.25) is 0 Å². The lowest BCUT2D eigenvalue weighted by Crippen LogP contribution is -2.24. The molecular weight excluding hydrogens is 593 g/mol. The van der Waals surface area contributed by atoms with E-state index in [9.17, 15) is 13.2 Å². The molecule has 0 unspecified atom stereocenters. The zero-order valence-electron chi connectivity index (χ0n) is 20.8. The second-order valence-corrected chi connectivity index (χ2v) is 10.4. The molecule has 0 radical (unpaired) electrons. The van der Waals surface area contributed by atoms with Crippen LogP contribution in [0.15, 0.2) is 68.7 Å². The summed E-state index contributed by atoms with van der Waals surface area (Å²) in [4.78, 5) is 0. The molecule has 0 saturated heterocycles. The molecule has 0 atom stereocenters. The first kappa shape index (κ1) is 26.9. The Kier molecular flexibility index (Phi) is 7.46. The first-order valence-electron chi connectivity index (χ1n) is 11.9. The molecule has 0 saturated carbocycles. The van der Waals surface area contributed by atoms with Crippen molar-refractivity contribution in [2.24, 2.45) is 5.10 Å². The molecule has 2 N–H and O–H groups in total. The van der Waals surface area contributed by atoms with E-state index in [2.05, 4.69) is 41.7 Å². The number of ether oxygens (including phenoxy) is 1. The molecular formula is C28H22BrF3N4O2S. The average Bonchev–Trinajstić information content (AvgIpc) is 3.30. The molecule has 0 aliphatic heterocycles. The predicted octanol–water partition coefficient (Wildman–Crippen LogP) is 7.71. The maximum Gasteiger partial charge on any atom is 0.573 e. The van der Waals surface area contributed by atoms with E-state index in [1.807, 2.05) is 44.2 Å². The summed E-state index contributed by atoms with van der Waals surface area (Å²) in [6.45, 7) is 4.01. The minimum absolute atomic E-state index is 0.288. The third-order valence-electron chi connectivity index (χ3n) is 6.28. The lowest BCUT2D eigenvalue weighted by atomic mass is 9.87. The van der Waals surface area contributed by atoms with E-state index in [1.54, 1.807) is 6.21 Å². The highest BCUT2D eigenvalue weighted by Crippen LogP contribution is 2.39. The summed E-state index contributed by atoms with van der Waals surface area (Å²) in [5.41, 5.74) is 11.2. The number of hydrogen-bond donors (Lipinski definition) is 2. The molecule has 6 nitrogen and oxygen atoms in total. The number of aromatic nitrogens is 1. The van der Waals surface area contributed by atoms with Crippen LogP contribution < -0.4 is 15.5 Å². The van der Waals surface area contributed by atoms with Gasteiger partial charge in [0.1, 0.15) is 11.4 Å². The van der Waals surface area contributed by atoms with Crippen LogP contribution in [0.5, 0.6) is 5.75 Å². The summed E-state index contributed by atoms with van der Waals surface area (Å²) >= 11 is 8.89. The van der Waals surface area contributed by atoms with Crippen molar-refractivity contribution in [2.45, 2.75) is 33.1 Å². The standard InChI is InChI=1S/C28H22BrF3N4O2S/c1-15-11-20(29)12-16(2)24(15)34-27(39)35-33-14-17-3-9-22-19(13-17)6-10-23-25(22)36-38-26(23)18-4-7-21(8-5-18)37-28(30,31)32/h3-5,7-9,11-14H,6,10H2,1-2H3,(H2,34,35,39)/b33-14+. The number of benzene rings is 3. The highest BCUT2D eigenvalue weighted by atomic mass is 79.9. The normalized spacial score (nSPS) is 12.7. The van der Waals surface area contributed by atoms with Gasteiger partial charge in [0.25, 0.3) is 0 Å². The van der Waals surface area contributed by atoms with Crippen LogP contribution in [0.1, 0.15) is 27.8 Å². The smallest absolute Gasteiger partial charge is 0.406 e. The summed E-state index contributed by atoms with van der Waals surface area (Å²) in [7, 11) is 0. The van der Waals surface area contributed by atoms with Crippen molar-refractivity contribution in [2.75, 3.05) is 5.32 Å². The van der Waals surface area contributed by atoms with Crippen LogP contribution in [0, 0.1) is 13.8 Å². The summed E-state index contributed by atoms with van der Waals surface area (Å²) in [6, 6.07) is 15.5. The van der Waals surface area contributed by atoms with E-state index < -0.39 is 6.36 Å². The number of rotatable bonds is 5. The zero-order chi connectivity index (χ0) is 27.7. The topological polar surface area (TPSA) is 71.7 Å². The van der Waals surface area contributed by atoms with Crippen molar-refractivity contribution >= 4 is 45.2 Å². The molecule has 1 aliphatic carbocycles.